The van der Waals surface area contributed by atoms with Crippen molar-refractivity contribution in [3.63, 3.8) is 0 Å². The zero-order valence-corrected chi connectivity index (χ0v) is 8.84. The lowest BCUT2D eigenvalue weighted by molar-refractivity contribution is -0.220. The van der Waals surface area contributed by atoms with Crippen LogP contribution in [0.5, 0.6) is 0 Å². The van der Waals surface area contributed by atoms with Gasteiger partial charge in [0.15, 0.2) is 12.5 Å². The second-order valence-corrected chi connectivity index (χ2v) is 2.74. The van der Waals surface area contributed by atoms with E-state index in [0.717, 1.165) is 0 Å². The van der Waals surface area contributed by atoms with Gasteiger partial charge >= 0.3 is 0 Å². The summed E-state index contributed by atoms with van der Waals surface area (Å²) < 4.78 is 20.5. The van der Waals surface area contributed by atoms with Crippen molar-refractivity contribution in [2.24, 2.45) is 4.99 Å². The average Bonchev–Trinajstić information content (AvgIpc) is 2.62. The molecule has 6 nitrogen and oxygen atoms in total. The van der Waals surface area contributed by atoms with Crippen LogP contribution in [0.3, 0.4) is 0 Å². The monoisotopic (exact) mass is 204 g/mol. The van der Waals surface area contributed by atoms with Gasteiger partial charge in [-0.2, -0.15) is 0 Å². The number of rotatable bonds is 5. The van der Waals surface area contributed by atoms with E-state index in [1.165, 1.54) is 0 Å². The molecule has 0 spiro atoms. The third-order valence-corrected chi connectivity index (χ3v) is 2.01. The largest absolute Gasteiger partial charge is 0.356 e. The number of nitrogens with zero attached hydrogens (tertiary/aromatic N) is 2. The SMILES string of the molecule is COC1N=CN(C(OC)OC)C1OC. The smallest absolute Gasteiger partial charge is 0.242 e. The molecule has 2 atom stereocenters. The van der Waals surface area contributed by atoms with Crippen molar-refractivity contribution >= 4 is 6.34 Å². The molecular formula is C8H16N2O4. The van der Waals surface area contributed by atoms with Crippen LogP contribution >= 0.6 is 0 Å². The number of ether oxygens (including phenoxy) is 4. The molecular weight excluding hydrogens is 188 g/mol. The predicted octanol–water partition coefficient (Wildman–Crippen LogP) is -0.148. The maximum absolute atomic E-state index is 5.23. The topological polar surface area (TPSA) is 52.5 Å². The highest BCUT2D eigenvalue weighted by Crippen LogP contribution is 2.18. The van der Waals surface area contributed by atoms with E-state index in [1.54, 1.807) is 39.7 Å². The van der Waals surface area contributed by atoms with Crippen molar-refractivity contribution in [2.45, 2.75) is 18.9 Å². The summed E-state index contributed by atoms with van der Waals surface area (Å²) in [4.78, 5) is 5.80. The fourth-order valence-corrected chi connectivity index (χ4v) is 1.36. The van der Waals surface area contributed by atoms with E-state index >= 15 is 0 Å². The lowest BCUT2D eigenvalue weighted by atomic mass is 10.5. The minimum absolute atomic E-state index is 0.315. The summed E-state index contributed by atoms with van der Waals surface area (Å²) >= 11 is 0. The lowest BCUT2D eigenvalue weighted by Crippen LogP contribution is -2.46. The fourth-order valence-electron chi connectivity index (χ4n) is 1.36. The molecule has 0 radical (unpaired) electrons. The van der Waals surface area contributed by atoms with Gasteiger partial charge in [0, 0.05) is 28.4 Å². The molecule has 1 aliphatic rings. The summed E-state index contributed by atoms with van der Waals surface area (Å²) in [6.45, 7) is 0. The Kier molecular flexibility index (Phi) is 4.27. The van der Waals surface area contributed by atoms with Gasteiger partial charge in [-0.1, -0.05) is 0 Å². The first-order valence-electron chi connectivity index (χ1n) is 4.20. The van der Waals surface area contributed by atoms with Crippen LogP contribution < -0.4 is 0 Å². The van der Waals surface area contributed by atoms with Crippen LogP contribution in [0.4, 0.5) is 0 Å². The minimum atomic E-state index is -0.510. The van der Waals surface area contributed by atoms with Crippen LogP contribution in [0, 0.1) is 0 Å². The number of aliphatic imine (C=N–C) groups is 1. The van der Waals surface area contributed by atoms with Gasteiger partial charge in [-0.15, -0.1) is 0 Å². The van der Waals surface area contributed by atoms with Gasteiger partial charge in [0.25, 0.3) is 0 Å². The summed E-state index contributed by atoms with van der Waals surface area (Å²) in [5.41, 5.74) is 0. The molecule has 0 aromatic rings. The molecule has 14 heavy (non-hydrogen) atoms. The number of hydrogen-bond acceptors (Lipinski definition) is 6. The third kappa shape index (κ3) is 2.03. The molecule has 2 unspecified atom stereocenters. The van der Waals surface area contributed by atoms with Gasteiger partial charge in [-0.3, -0.25) is 4.90 Å². The Morgan fingerprint density at radius 3 is 2.21 bits per heavy atom. The van der Waals surface area contributed by atoms with Crippen molar-refractivity contribution in [1.82, 2.24) is 4.90 Å². The van der Waals surface area contributed by atoms with Gasteiger partial charge in [0.2, 0.25) is 6.41 Å². The Bertz CT molecular complexity index is 196. The van der Waals surface area contributed by atoms with Crippen molar-refractivity contribution < 1.29 is 18.9 Å². The summed E-state index contributed by atoms with van der Waals surface area (Å²) in [6.07, 6.45) is 0.432. The zero-order chi connectivity index (χ0) is 10.6. The Hall–Kier alpha value is -0.690. The highest BCUT2D eigenvalue weighted by Gasteiger charge is 2.35. The fraction of sp³-hybridized carbons (Fsp3) is 0.875. The zero-order valence-electron chi connectivity index (χ0n) is 8.84. The Morgan fingerprint density at radius 1 is 1.14 bits per heavy atom. The molecule has 0 amide bonds. The van der Waals surface area contributed by atoms with Gasteiger partial charge in [-0.25, -0.2) is 4.99 Å². The molecule has 0 aromatic carbocycles. The van der Waals surface area contributed by atoms with Gasteiger partial charge in [-0.05, 0) is 0 Å². The second kappa shape index (κ2) is 5.26. The Labute approximate surface area is 83.4 Å². The van der Waals surface area contributed by atoms with Crippen LogP contribution in [-0.2, 0) is 18.9 Å². The van der Waals surface area contributed by atoms with E-state index in [-0.39, 0.29) is 12.5 Å². The van der Waals surface area contributed by atoms with Crippen LogP contribution in [-0.4, -0.2) is 58.5 Å². The Morgan fingerprint density at radius 2 is 1.79 bits per heavy atom. The molecule has 0 N–H and O–H groups in total. The molecule has 1 rings (SSSR count). The first-order valence-corrected chi connectivity index (χ1v) is 4.20. The lowest BCUT2D eigenvalue weighted by Gasteiger charge is -2.30. The maximum atomic E-state index is 5.23. The van der Waals surface area contributed by atoms with Crippen LogP contribution in [0.25, 0.3) is 0 Å². The normalized spacial score (nSPS) is 26.5. The van der Waals surface area contributed by atoms with Crippen molar-refractivity contribution in [3.05, 3.63) is 0 Å². The van der Waals surface area contributed by atoms with Crippen LogP contribution in [0.15, 0.2) is 4.99 Å². The van der Waals surface area contributed by atoms with Crippen LogP contribution in [0.2, 0.25) is 0 Å². The Balaban J connectivity index is 2.65. The second-order valence-electron chi connectivity index (χ2n) is 2.74. The van der Waals surface area contributed by atoms with E-state index < -0.39 is 6.41 Å². The van der Waals surface area contributed by atoms with Crippen molar-refractivity contribution in [1.29, 1.82) is 0 Å². The van der Waals surface area contributed by atoms with E-state index in [0.29, 0.717) is 0 Å². The number of methoxy groups -OCH3 is 4. The number of hydrogen-bond donors (Lipinski definition) is 0. The van der Waals surface area contributed by atoms with Gasteiger partial charge in [0.1, 0.15) is 0 Å². The molecule has 1 aliphatic heterocycles. The summed E-state index contributed by atoms with van der Waals surface area (Å²) in [7, 11) is 6.26. The molecule has 0 bridgehead atoms. The first kappa shape index (κ1) is 11.4. The van der Waals surface area contributed by atoms with Crippen LogP contribution in [0.1, 0.15) is 0 Å². The highest BCUT2D eigenvalue weighted by molar-refractivity contribution is 5.58. The summed E-state index contributed by atoms with van der Waals surface area (Å²) in [5.74, 6) is 0. The average molecular weight is 204 g/mol. The van der Waals surface area contributed by atoms with E-state index in [9.17, 15) is 0 Å². The summed E-state index contributed by atoms with van der Waals surface area (Å²) in [5, 5.41) is 0. The van der Waals surface area contributed by atoms with Crippen molar-refractivity contribution in [3.8, 4) is 0 Å². The molecule has 1 heterocycles. The minimum Gasteiger partial charge on any atom is -0.356 e. The van der Waals surface area contributed by atoms with Gasteiger partial charge in [0.05, 0.1) is 6.34 Å². The third-order valence-electron chi connectivity index (χ3n) is 2.01. The predicted molar refractivity (Wildman–Crippen MR) is 49.7 cm³/mol. The highest BCUT2D eigenvalue weighted by atomic mass is 16.7. The molecule has 82 valence electrons. The van der Waals surface area contributed by atoms with E-state index in [1.807, 2.05) is 0 Å². The molecule has 0 saturated heterocycles. The standard InChI is InChI=1S/C8H16N2O4/c1-11-6-7(12-2)10(5-9-6)8(13-3)14-4/h5-8H,1-4H3. The first-order chi connectivity index (χ1) is 6.78. The molecule has 0 aliphatic carbocycles. The molecule has 0 saturated carbocycles. The quantitative estimate of drug-likeness (QED) is 0.583. The molecule has 0 aromatic heterocycles. The van der Waals surface area contributed by atoms with E-state index in [2.05, 4.69) is 4.99 Å². The van der Waals surface area contributed by atoms with Crippen molar-refractivity contribution in [2.75, 3.05) is 28.4 Å². The van der Waals surface area contributed by atoms with E-state index in [4.69, 9.17) is 18.9 Å². The maximum Gasteiger partial charge on any atom is 0.242 e. The molecule has 0 fully saturated rings. The van der Waals surface area contributed by atoms with Gasteiger partial charge < -0.3 is 18.9 Å². The summed E-state index contributed by atoms with van der Waals surface area (Å²) in [6, 6.07) is 0. The molecule has 6 heteroatoms.